The molecule has 0 aromatic carbocycles. The van der Waals surface area contributed by atoms with Crippen molar-refractivity contribution in [1.29, 1.82) is 0 Å². The summed E-state index contributed by atoms with van der Waals surface area (Å²) in [6, 6.07) is -0.0955. The van der Waals surface area contributed by atoms with E-state index in [4.69, 9.17) is 0 Å². The minimum atomic E-state index is -0.135. The van der Waals surface area contributed by atoms with Crippen LogP contribution < -0.4 is 10.6 Å². The second-order valence-electron chi connectivity index (χ2n) is 3.83. The van der Waals surface area contributed by atoms with Crippen molar-refractivity contribution in [3.63, 3.8) is 0 Å². The first-order chi connectivity index (χ1) is 7.56. The zero-order valence-corrected chi connectivity index (χ0v) is 9.98. The van der Waals surface area contributed by atoms with Crippen molar-refractivity contribution in [2.75, 3.05) is 6.54 Å². The molecule has 86 valence electrons. The van der Waals surface area contributed by atoms with Gasteiger partial charge in [0.25, 0.3) is 5.91 Å². The quantitative estimate of drug-likeness (QED) is 0.783. The van der Waals surface area contributed by atoms with Gasteiger partial charge in [0.15, 0.2) is 0 Å². The second kappa shape index (κ2) is 4.21. The summed E-state index contributed by atoms with van der Waals surface area (Å²) in [6.45, 7) is 4.20. The van der Waals surface area contributed by atoms with Gasteiger partial charge in [0.05, 0.1) is 16.7 Å². The number of nitrogens with zero attached hydrogens (tertiary/aromatic N) is 1. The number of carbonyl (C=O) groups is 2. The molecule has 1 aromatic heterocycles. The molecule has 1 aromatic rings. The lowest BCUT2D eigenvalue weighted by Gasteiger charge is -2.08. The molecule has 1 fully saturated rings. The molecule has 2 N–H and O–H groups in total. The van der Waals surface area contributed by atoms with Crippen molar-refractivity contribution in [2.45, 2.75) is 26.3 Å². The summed E-state index contributed by atoms with van der Waals surface area (Å²) >= 11 is 1.38. The molecule has 2 amide bonds. The molecule has 1 aliphatic rings. The van der Waals surface area contributed by atoms with E-state index in [1.807, 2.05) is 13.8 Å². The van der Waals surface area contributed by atoms with Gasteiger partial charge >= 0.3 is 0 Å². The van der Waals surface area contributed by atoms with E-state index in [0.717, 1.165) is 10.7 Å². The molecular weight excluding hydrogens is 226 g/mol. The molecule has 2 heterocycles. The van der Waals surface area contributed by atoms with E-state index < -0.39 is 0 Å². The molecular formula is C10H13N3O2S. The zero-order chi connectivity index (χ0) is 11.7. The number of hydrogen-bond donors (Lipinski definition) is 2. The highest BCUT2D eigenvalue weighted by Gasteiger charge is 2.24. The van der Waals surface area contributed by atoms with E-state index in [-0.39, 0.29) is 17.9 Å². The molecule has 1 atom stereocenters. The van der Waals surface area contributed by atoms with Crippen LogP contribution in [0.25, 0.3) is 0 Å². The molecule has 1 aliphatic heterocycles. The van der Waals surface area contributed by atoms with E-state index >= 15 is 0 Å². The number of hydrogen-bond acceptors (Lipinski definition) is 4. The Morgan fingerprint density at radius 3 is 2.81 bits per heavy atom. The average Bonchev–Trinajstić information content (AvgIpc) is 2.73. The minimum Gasteiger partial charge on any atom is -0.354 e. The Bertz CT molecular complexity index is 441. The Morgan fingerprint density at radius 1 is 1.56 bits per heavy atom. The highest BCUT2D eigenvalue weighted by Crippen LogP contribution is 2.17. The molecule has 0 radical (unpaired) electrons. The largest absolute Gasteiger partial charge is 0.354 e. The van der Waals surface area contributed by atoms with Crippen molar-refractivity contribution in [2.24, 2.45) is 0 Å². The third-order valence-electron chi connectivity index (χ3n) is 2.42. The van der Waals surface area contributed by atoms with E-state index in [2.05, 4.69) is 15.6 Å². The van der Waals surface area contributed by atoms with Gasteiger partial charge in [0, 0.05) is 13.0 Å². The lowest BCUT2D eigenvalue weighted by atomic mass is 10.2. The van der Waals surface area contributed by atoms with E-state index in [1.54, 1.807) is 0 Å². The lowest BCUT2D eigenvalue weighted by molar-refractivity contribution is -0.119. The van der Waals surface area contributed by atoms with E-state index in [9.17, 15) is 9.59 Å². The first kappa shape index (κ1) is 11.1. The third-order valence-corrected chi connectivity index (χ3v) is 3.49. The van der Waals surface area contributed by atoms with Crippen LogP contribution in [-0.2, 0) is 4.79 Å². The summed E-state index contributed by atoms with van der Waals surface area (Å²) in [4.78, 5) is 27.7. The molecule has 0 bridgehead atoms. The van der Waals surface area contributed by atoms with Gasteiger partial charge in [0.1, 0.15) is 4.88 Å². The van der Waals surface area contributed by atoms with Crippen LogP contribution in [0.1, 0.15) is 26.8 Å². The summed E-state index contributed by atoms with van der Waals surface area (Å²) in [5, 5.41) is 6.39. The average molecular weight is 239 g/mol. The van der Waals surface area contributed by atoms with Crippen LogP contribution in [0.2, 0.25) is 0 Å². The van der Waals surface area contributed by atoms with Gasteiger partial charge in [-0.25, -0.2) is 4.98 Å². The number of thiazole rings is 1. The molecule has 5 nitrogen and oxygen atoms in total. The topological polar surface area (TPSA) is 71.1 Å². The number of nitrogens with one attached hydrogen (secondary N) is 2. The fraction of sp³-hybridized carbons (Fsp3) is 0.500. The van der Waals surface area contributed by atoms with Gasteiger partial charge in [-0.2, -0.15) is 0 Å². The van der Waals surface area contributed by atoms with E-state index in [0.29, 0.717) is 17.8 Å². The van der Waals surface area contributed by atoms with Crippen LogP contribution in [0.4, 0.5) is 0 Å². The van der Waals surface area contributed by atoms with Crippen LogP contribution >= 0.6 is 11.3 Å². The molecule has 6 heteroatoms. The molecule has 0 saturated carbocycles. The zero-order valence-electron chi connectivity index (χ0n) is 9.16. The molecule has 16 heavy (non-hydrogen) atoms. The Kier molecular flexibility index (Phi) is 2.91. The number of rotatable bonds is 2. The van der Waals surface area contributed by atoms with Crippen molar-refractivity contribution in [3.05, 3.63) is 15.6 Å². The monoisotopic (exact) mass is 239 g/mol. The highest BCUT2D eigenvalue weighted by molar-refractivity contribution is 7.13. The molecule has 2 rings (SSSR count). The van der Waals surface area contributed by atoms with Crippen LogP contribution in [0.3, 0.4) is 0 Å². The van der Waals surface area contributed by atoms with Crippen LogP contribution in [-0.4, -0.2) is 29.4 Å². The first-order valence-corrected chi connectivity index (χ1v) is 5.89. The number of amides is 2. The molecule has 1 unspecified atom stereocenters. The number of aryl methyl sites for hydroxylation is 2. The SMILES string of the molecule is Cc1nc(C)c(C(=O)NC2CNC(=O)C2)s1. The maximum absolute atomic E-state index is 11.9. The van der Waals surface area contributed by atoms with Crippen molar-refractivity contribution < 1.29 is 9.59 Å². The maximum atomic E-state index is 11.9. The van der Waals surface area contributed by atoms with Gasteiger partial charge in [-0.05, 0) is 13.8 Å². The van der Waals surface area contributed by atoms with Gasteiger partial charge in [-0.1, -0.05) is 0 Å². The fourth-order valence-corrected chi connectivity index (χ4v) is 2.52. The Balaban J connectivity index is 2.03. The first-order valence-electron chi connectivity index (χ1n) is 5.08. The summed E-state index contributed by atoms with van der Waals surface area (Å²) in [7, 11) is 0. The normalized spacial score (nSPS) is 19.6. The Hall–Kier alpha value is -1.43. The lowest BCUT2D eigenvalue weighted by Crippen LogP contribution is -2.36. The summed E-state index contributed by atoms with van der Waals surface area (Å²) in [5.41, 5.74) is 0.747. The minimum absolute atomic E-state index is 0.0116. The molecule has 1 saturated heterocycles. The smallest absolute Gasteiger partial charge is 0.263 e. The van der Waals surface area contributed by atoms with Crippen LogP contribution in [0.15, 0.2) is 0 Å². The maximum Gasteiger partial charge on any atom is 0.263 e. The van der Waals surface area contributed by atoms with Crippen molar-refractivity contribution >= 4 is 23.2 Å². The van der Waals surface area contributed by atoms with Crippen molar-refractivity contribution in [3.8, 4) is 0 Å². The second-order valence-corrected chi connectivity index (χ2v) is 5.03. The third kappa shape index (κ3) is 2.21. The predicted molar refractivity (Wildman–Crippen MR) is 60.5 cm³/mol. The van der Waals surface area contributed by atoms with Gasteiger partial charge in [0.2, 0.25) is 5.91 Å². The Labute approximate surface area is 97.3 Å². The Morgan fingerprint density at radius 2 is 2.31 bits per heavy atom. The van der Waals surface area contributed by atoms with Gasteiger partial charge in [-0.15, -0.1) is 11.3 Å². The van der Waals surface area contributed by atoms with Crippen LogP contribution in [0, 0.1) is 13.8 Å². The summed E-state index contributed by atoms with van der Waals surface area (Å²) in [5.74, 6) is -0.146. The van der Waals surface area contributed by atoms with Gasteiger partial charge < -0.3 is 10.6 Å². The van der Waals surface area contributed by atoms with Gasteiger partial charge in [-0.3, -0.25) is 9.59 Å². The predicted octanol–water partition coefficient (Wildman–Crippen LogP) is 0.378. The molecule has 0 spiro atoms. The number of aromatic nitrogens is 1. The fourth-order valence-electron chi connectivity index (χ4n) is 1.70. The van der Waals surface area contributed by atoms with Crippen LogP contribution in [0.5, 0.6) is 0 Å². The standard InChI is InChI=1S/C10H13N3O2S/c1-5-9(16-6(2)12-5)10(15)13-7-3-8(14)11-4-7/h7H,3-4H2,1-2H3,(H,11,14)(H,13,15). The van der Waals surface area contributed by atoms with E-state index in [1.165, 1.54) is 11.3 Å². The number of carbonyl (C=O) groups excluding carboxylic acids is 2. The summed E-state index contributed by atoms with van der Waals surface area (Å²) < 4.78 is 0. The van der Waals surface area contributed by atoms with Crippen molar-refractivity contribution in [1.82, 2.24) is 15.6 Å². The highest BCUT2D eigenvalue weighted by atomic mass is 32.1. The molecule has 0 aliphatic carbocycles. The summed E-state index contributed by atoms with van der Waals surface area (Å²) in [6.07, 6.45) is 0.364.